The molecule has 19 heavy (non-hydrogen) atoms. The van der Waals surface area contributed by atoms with Gasteiger partial charge in [-0.3, -0.25) is 4.98 Å². The topological polar surface area (TPSA) is 88.7 Å². The van der Waals surface area contributed by atoms with Gasteiger partial charge in [-0.15, -0.1) is 0 Å². The monoisotopic (exact) mass is 271 g/mol. The number of nitrogens with two attached hydrogens (primary N) is 1. The molecular weight excluding hydrogens is 250 g/mol. The van der Waals surface area contributed by atoms with Gasteiger partial charge in [0.05, 0.1) is 64.3 Å². The molecule has 1 heterocycles. The molecule has 0 saturated carbocycles. The lowest BCUT2D eigenvalue weighted by molar-refractivity contribution is 0.000436. The zero-order valence-corrected chi connectivity index (χ0v) is 11.2. The third kappa shape index (κ3) is 8.44. The van der Waals surface area contributed by atoms with E-state index in [-0.39, 0.29) is 0 Å². The molecule has 0 bridgehead atoms. The van der Waals surface area contributed by atoms with E-state index < -0.39 is 0 Å². The first kappa shape index (κ1) is 15.8. The second kappa shape index (κ2) is 10.6. The number of nitrogens with zero attached hydrogens (tertiary/aromatic N) is 2. The number of hydrogen-bond donors (Lipinski definition) is 1. The van der Waals surface area contributed by atoms with Gasteiger partial charge in [-0.05, 0) is 0 Å². The van der Waals surface area contributed by atoms with Gasteiger partial charge < -0.3 is 24.7 Å². The van der Waals surface area contributed by atoms with E-state index in [1.165, 1.54) is 6.20 Å². The summed E-state index contributed by atoms with van der Waals surface area (Å²) in [5, 5.41) is 0. The second-order valence-corrected chi connectivity index (χ2v) is 3.70. The highest BCUT2D eigenvalue weighted by Crippen LogP contribution is 1.97. The van der Waals surface area contributed by atoms with E-state index >= 15 is 0 Å². The predicted molar refractivity (Wildman–Crippen MR) is 69.6 cm³/mol. The summed E-state index contributed by atoms with van der Waals surface area (Å²) in [5.74, 6) is 0.403. The Morgan fingerprint density at radius 3 is 2.11 bits per heavy atom. The van der Waals surface area contributed by atoms with Crippen molar-refractivity contribution in [3.8, 4) is 0 Å². The van der Waals surface area contributed by atoms with E-state index in [2.05, 4.69) is 9.97 Å². The van der Waals surface area contributed by atoms with Gasteiger partial charge >= 0.3 is 0 Å². The van der Waals surface area contributed by atoms with E-state index in [9.17, 15) is 0 Å². The molecule has 0 spiro atoms. The summed E-state index contributed by atoms with van der Waals surface area (Å²) in [6.45, 7) is 3.74. The fourth-order valence-corrected chi connectivity index (χ4v) is 1.20. The van der Waals surface area contributed by atoms with Crippen LogP contribution in [-0.2, 0) is 25.6 Å². The molecule has 0 radical (unpaired) electrons. The van der Waals surface area contributed by atoms with Gasteiger partial charge in [0.15, 0.2) is 0 Å². The Kier molecular flexibility index (Phi) is 8.82. The number of aromatic nitrogens is 2. The number of anilines is 1. The summed E-state index contributed by atoms with van der Waals surface area (Å²) < 4.78 is 20.8. The summed E-state index contributed by atoms with van der Waals surface area (Å²) in [6, 6.07) is 0. The van der Waals surface area contributed by atoms with E-state index in [0.29, 0.717) is 52.1 Å². The van der Waals surface area contributed by atoms with Gasteiger partial charge in [-0.1, -0.05) is 0 Å². The van der Waals surface area contributed by atoms with Crippen molar-refractivity contribution in [1.82, 2.24) is 9.97 Å². The molecule has 0 amide bonds. The first-order valence-electron chi connectivity index (χ1n) is 6.11. The fourth-order valence-electron chi connectivity index (χ4n) is 1.20. The Balaban J connectivity index is 1.87. The number of hydrogen-bond acceptors (Lipinski definition) is 7. The van der Waals surface area contributed by atoms with Crippen molar-refractivity contribution < 1.29 is 18.9 Å². The lowest BCUT2D eigenvalue weighted by Crippen LogP contribution is -2.11. The molecule has 0 saturated heterocycles. The van der Waals surface area contributed by atoms with Crippen LogP contribution in [0.5, 0.6) is 0 Å². The highest BCUT2D eigenvalue weighted by atomic mass is 16.6. The fraction of sp³-hybridized carbons (Fsp3) is 0.667. The quantitative estimate of drug-likeness (QED) is 0.577. The maximum absolute atomic E-state index is 5.43. The van der Waals surface area contributed by atoms with Crippen LogP contribution in [0.2, 0.25) is 0 Å². The van der Waals surface area contributed by atoms with Crippen LogP contribution in [0.15, 0.2) is 12.4 Å². The third-order valence-corrected chi connectivity index (χ3v) is 2.15. The van der Waals surface area contributed by atoms with E-state index in [4.69, 9.17) is 24.7 Å². The largest absolute Gasteiger partial charge is 0.382 e. The minimum atomic E-state index is 0.403. The number of ether oxygens (including phenoxy) is 4. The van der Waals surface area contributed by atoms with Crippen LogP contribution in [0.25, 0.3) is 0 Å². The van der Waals surface area contributed by atoms with Crippen LogP contribution < -0.4 is 5.73 Å². The van der Waals surface area contributed by atoms with Crippen molar-refractivity contribution in [2.24, 2.45) is 0 Å². The predicted octanol–water partition coefficient (Wildman–Crippen LogP) is 0.255. The average Bonchev–Trinajstić information content (AvgIpc) is 2.43. The maximum Gasteiger partial charge on any atom is 0.141 e. The van der Waals surface area contributed by atoms with Crippen molar-refractivity contribution in [3.63, 3.8) is 0 Å². The molecule has 7 heteroatoms. The molecule has 0 atom stereocenters. The molecule has 0 aliphatic carbocycles. The first-order valence-corrected chi connectivity index (χ1v) is 6.11. The van der Waals surface area contributed by atoms with Crippen LogP contribution in [0.1, 0.15) is 5.69 Å². The summed E-state index contributed by atoms with van der Waals surface area (Å²) in [7, 11) is 1.64. The summed E-state index contributed by atoms with van der Waals surface area (Å²) in [5.41, 5.74) is 6.17. The van der Waals surface area contributed by atoms with Crippen molar-refractivity contribution in [2.45, 2.75) is 6.61 Å². The molecule has 7 nitrogen and oxygen atoms in total. The van der Waals surface area contributed by atoms with E-state index in [1.54, 1.807) is 13.3 Å². The zero-order chi connectivity index (χ0) is 13.8. The van der Waals surface area contributed by atoms with Crippen LogP contribution >= 0.6 is 0 Å². The van der Waals surface area contributed by atoms with Crippen LogP contribution in [0.4, 0.5) is 5.82 Å². The Bertz CT molecular complexity index is 321. The zero-order valence-electron chi connectivity index (χ0n) is 11.2. The number of nitrogen functional groups attached to an aromatic ring is 1. The van der Waals surface area contributed by atoms with Crippen molar-refractivity contribution in [1.29, 1.82) is 0 Å². The Morgan fingerprint density at radius 1 is 0.895 bits per heavy atom. The first-order chi connectivity index (χ1) is 9.33. The maximum atomic E-state index is 5.43. The Labute approximate surface area is 113 Å². The molecule has 0 aromatic carbocycles. The standard InChI is InChI=1S/C12H21N3O4/c1-16-2-3-17-4-5-18-6-7-19-10-11-8-15-12(13)9-14-11/h8-9H,2-7,10H2,1H3,(H2,13,15). The van der Waals surface area contributed by atoms with Gasteiger partial charge in [-0.2, -0.15) is 0 Å². The molecular formula is C12H21N3O4. The number of rotatable bonds is 11. The molecule has 108 valence electrons. The highest BCUT2D eigenvalue weighted by Gasteiger charge is 1.96. The minimum absolute atomic E-state index is 0.403. The van der Waals surface area contributed by atoms with Gasteiger partial charge in [0.1, 0.15) is 5.82 Å². The molecule has 2 N–H and O–H groups in total. The summed E-state index contributed by atoms with van der Waals surface area (Å²) in [6.07, 6.45) is 3.10. The summed E-state index contributed by atoms with van der Waals surface area (Å²) in [4.78, 5) is 7.99. The van der Waals surface area contributed by atoms with Gasteiger partial charge in [0.25, 0.3) is 0 Å². The molecule has 0 aliphatic heterocycles. The van der Waals surface area contributed by atoms with Crippen molar-refractivity contribution >= 4 is 5.82 Å². The molecule has 1 aromatic heterocycles. The molecule has 0 aliphatic rings. The van der Waals surface area contributed by atoms with Gasteiger partial charge in [0, 0.05) is 7.11 Å². The SMILES string of the molecule is COCCOCCOCCOCc1cnc(N)cn1. The van der Waals surface area contributed by atoms with Crippen LogP contribution in [-0.4, -0.2) is 56.7 Å². The molecule has 0 unspecified atom stereocenters. The molecule has 1 rings (SSSR count). The average molecular weight is 271 g/mol. The molecule has 1 aromatic rings. The molecule has 0 fully saturated rings. The third-order valence-electron chi connectivity index (χ3n) is 2.15. The Morgan fingerprint density at radius 2 is 1.53 bits per heavy atom. The summed E-state index contributed by atoms with van der Waals surface area (Å²) >= 11 is 0. The van der Waals surface area contributed by atoms with Gasteiger partial charge in [0.2, 0.25) is 0 Å². The smallest absolute Gasteiger partial charge is 0.141 e. The second-order valence-electron chi connectivity index (χ2n) is 3.70. The van der Waals surface area contributed by atoms with Crippen LogP contribution in [0.3, 0.4) is 0 Å². The van der Waals surface area contributed by atoms with E-state index in [1.807, 2.05) is 0 Å². The van der Waals surface area contributed by atoms with Crippen molar-refractivity contribution in [3.05, 3.63) is 18.1 Å². The lowest BCUT2D eigenvalue weighted by Gasteiger charge is -2.06. The highest BCUT2D eigenvalue weighted by molar-refractivity contribution is 5.22. The lowest BCUT2D eigenvalue weighted by atomic mass is 10.5. The minimum Gasteiger partial charge on any atom is -0.382 e. The van der Waals surface area contributed by atoms with E-state index in [0.717, 1.165) is 5.69 Å². The van der Waals surface area contributed by atoms with Gasteiger partial charge in [-0.25, -0.2) is 4.98 Å². The Hall–Kier alpha value is -1.28. The van der Waals surface area contributed by atoms with Crippen LogP contribution in [0, 0.1) is 0 Å². The normalized spacial score (nSPS) is 10.8. The number of methoxy groups -OCH3 is 1. The van der Waals surface area contributed by atoms with Crippen molar-refractivity contribution in [2.75, 3.05) is 52.5 Å².